The molecule has 0 atom stereocenters. The second-order valence-corrected chi connectivity index (χ2v) is 5.10. The maximum atomic E-state index is 9.66. The zero-order valence-electron chi connectivity index (χ0n) is 12.2. The largest absolute Gasteiger partial charge is 0.390 e. The van der Waals surface area contributed by atoms with E-state index in [1.165, 1.54) is 0 Å². The van der Waals surface area contributed by atoms with Crippen LogP contribution in [0, 0.1) is 6.92 Å². The molecule has 0 aliphatic rings. The van der Waals surface area contributed by atoms with Crippen molar-refractivity contribution in [1.29, 1.82) is 0 Å². The molecule has 0 fully saturated rings. The van der Waals surface area contributed by atoms with Crippen LogP contribution in [0.5, 0.6) is 0 Å². The molecule has 0 spiro atoms. The first-order valence-corrected chi connectivity index (χ1v) is 6.89. The molecule has 0 amide bonds. The van der Waals surface area contributed by atoms with Crippen LogP contribution < -0.4 is 4.90 Å². The fourth-order valence-electron chi connectivity index (χ4n) is 2.49. The highest BCUT2D eigenvalue weighted by atomic mass is 16.3. The molecular formula is C16H18N4O. The SMILES string of the molecule is Cc1cccc(CN(C)c2nc3ccccn3c2CO)n1. The molecule has 0 aliphatic heterocycles. The minimum atomic E-state index is -0.0495. The van der Waals surface area contributed by atoms with Gasteiger partial charge in [0.1, 0.15) is 5.65 Å². The summed E-state index contributed by atoms with van der Waals surface area (Å²) in [5.74, 6) is 0.784. The summed E-state index contributed by atoms with van der Waals surface area (Å²) in [6.07, 6.45) is 1.91. The summed E-state index contributed by atoms with van der Waals surface area (Å²) < 4.78 is 1.91. The van der Waals surface area contributed by atoms with Gasteiger partial charge in [0.05, 0.1) is 24.5 Å². The molecule has 3 aromatic heterocycles. The Labute approximate surface area is 123 Å². The number of aliphatic hydroxyl groups excluding tert-OH is 1. The molecule has 1 N–H and O–H groups in total. The van der Waals surface area contributed by atoms with Crippen molar-refractivity contribution < 1.29 is 5.11 Å². The predicted molar refractivity (Wildman–Crippen MR) is 82.2 cm³/mol. The number of fused-ring (bicyclic) bond motifs is 1. The Bertz CT molecular complexity index is 766. The molecule has 5 heteroatoms. The summed E-state index contributed by atoms with van der Waals surface area (Å²) in [5.41, 5.74) is 3.61. The normalized spacial score (nSPS) is 11.0. The zero-order valence-corrected chi connectivity index (χ0v) is 12.2. The van der Waals surface area contributed by atoms with Crippen molar-refractivity contribution in [1.82, 2.24) is 14.4 Å². The highest BCUT2D eigenvalue weighted by Crippen LogP contribution is 2.22. The number of hydrogen-bond acceptors (Lipinski definition) is 4. The van der Waals surface area contributed by atoms with Crippen molar-refractivity contribution in [3.05, 3.63) is 59.7 Å². The second kappa shape index (κ2) is 5.54. The van der Waals surface area contributed by atoms with E-state index < -0.39 is 0 Å². The third kappa shape index (κ3) is 2.60. The lowest BCUT2D eigenvalue weighted by atomic mass is 10.3. The van der Waals surface area contributed by atoms with Crippen LogP contribution in [0.15, 0.2) is 42.6 Å². The molecule has 0 aliphatic carbocycles. The molecule has 3 heterocycles. The van der Waals surface area contributed by atoms with Gasteiger partial charge in [0, 0.05) is 18.9 Å². The standard InChI is InChI=1S/C16H18N4O/c1-12-6-5-7-13(17-12)10-19(2)16-14(11-21)20-9-4-3-8-15(20)18-16/h3-9,21H,10-11H2,1-2H3. The molecule has 0 saturated heterocycles. The third-order valence-corrected chi connectivity index (χ3v) is 3.46. The molecule has 21 heavy (non-hydrogen) atoms. The summed E-state index contributed by atoms with van der Waals surface area (Å²) in [5, 5.41) is 9.66. The highest BCUT2D eigenvalue weighted by Gasteiger charge is 2.15. The minimum absolute atomic E-state index is 0.0495. The summed E-state index contributed by atoms with van der Waals surface area (Å²) in [6, 6.07) is 11.8. The Morgan fingerprint density at radius 2 is 2.00 bits per heavy atom. The number of rotatable bonds is 4. The molecule has 108 valence electrons. The van der Waals surface area contributed by atoms with E-state index in [0.29, 0.717) is 6.54 Å². The van der Waals surface area contributed by atoms with Crippen molar-refractivity contribution in [3.8, 4) is 0 Å². The van der Waals surface area contributed by atoms with Gasteiger partial charge in [0.15, 0.2) is 5.82 Å². The summed E-state index contributed by atoms with van der Waals surface area (Å²) in [6.45, 7) is 2.58. The molecule has 0 aromatic carbocycles. The molecular weight excluding hydrogens is 264 g/mol. The van der Waals surface area contributed by atoms with Crippen LogP contribution >= 0.6 is 0 Å². The van der Waals surface area contributed by atoms with Crippen molar-refractivity contribution >= 4 is 11.5 Å². The number of nitrogens with zero attached hydrogens (tertiary/aromatic N) is 4. The smallest absolute Gasteiger partial charge is 0.153 e. The van der Waals surface area contributed by atoms with Crippen LogP contribution in [-0.4, -0.2) is 26.5 Å². The molecule has 5 nitrogen and oxygen atoms in total. The first kappa shape index (κ1) is 13.6. The zero-order chi connectivity index (χ0) is 14.8. The number of aromatic nitrogens is 3. The van der Waals surface area contributed by atoms with E-state index in [-0.39, 0.29) is 6.61 Å². The molecule has 3 rings (SSSR count). The van der Waals surface area contributed by atoms with Gasteiger partial charge in [-0.05, 0) is 31.2 Å². The third-order valence-electron chi connectivity index (χ3n) is 3.46. The molecule has 0 bridgehead atoms. The Kier molecular flexibility index (Phi) is 3.58. The van der Waals surface area contributed by atoms with Gasteiger partial charge in [0.25, 0.3) is 0 Å². The molecule has 0 saturated carbocycles. The van der Waals surface area contributed by atoms with E-state index in [2.05, 4.69) is 9.97 Å². The maximum absolute atomic E-state index is 9.66. The average Bonchev–Trinajstić information content (AvgIpc) is 2.86. The number of hydrogen-bond donors (Lipinski definition) is 1. The van der Waals surface area contributed by atoms with E-state index in [4.69, 9.17) is 0 Å². The van der Waals surface area contributed by atoms with Crippen LogP contribution in [0.3, 0.4) is 0 Å². The Hall–Kier alpha value is -2.40. The summed E-state index contributed by atoms with van der Waals surface area (Å²) in [4.78, 5) is 11.1. The van der Waals surface area contributed by atoms with Gasteiger partial charge in [-0.25, -0.2) is 4.98 Å². The van der Waals surface area contributed by atoms with E-state index >= 15 is 0 Å². The van der Waals surface area contributed by atoms with Gasteiger partial charge in [-0.2, -0.15) is 0 Å². The van der Waals surface area contributed by atoms with E-state index in [1.807, 2.05) is 65.9 Å². The Balaban J connectivity index is 1.95. The van der Waals surface area contributed by atoms with Gasteiger partial charge in [-0.1, -0.05) is 12.1 Å². The minimum Gasteiger partial charge on any atom is -0.390 e. The van der Waals surface area contributed by atoms with Crippen molar-refractivity contribution in [2.45, 2.75) is 20.1 Å². The molecule has 0 radical (unpaired) electrons. The van der Waals surface area contributed by atoms with E-state index in [0.717, 1.165) is 28.5 Å². The quantitative estimate of drug-likeness (QED) is 0.797. The molecule has 0 unspecified atom stereocenters. The van der Waals surface area contributed by atoms with E-state index in [1.54, 1.807) is 0 Å². The van der Waals surface area contributed by atoms with Gasteiger partial charge < -0.3 is 10.0 Å². The lowest BCUT2D eigenvalue weighted by Crippen LogP contribution is -2.19. The van der Waals surface area contributed by atoms with Crippen LogP contribution in [0.25, 0.3) is 5.65 Å². The maximum Gasteiger partial charge on any atom is 0.153 e. The van der Waals surface area contributed by atoms with Gasteiger partial charge in [-0.3, -0.25) is 9.38 Å². The van der Waals surface area contributed by atoms with Crippen molar-refractivity contribution in [2.75, 3.05) is 11.9 Å². The van der Waals surface area contributed by atoms with E-state index in [9.17, 15) is 5.11 Å². The second-order valence-electron chi connectivity index (χ2n) is 5.10. The Morgan fingerprint density at radius 1 is 1.14 bits per heavy atom. The highest BCUT2D eigenvalue weighted by molar-refractivity contribution is 5.55. The first-order valence-electron chi connectivity index (χ1n) is 6.89. The van der Waals surface area contributed by atoms with Gasteiger partial charge in [-0.15, -0.1) is 0 Å². The molecule has 3 aromatic rings. The van der Waals surface area contributed by atoms with Gasteiger partial charge in [0.2, 0.25) is 0 Å². The number of anilines is 1. The number of aliphatic hydroxyl groups is 1. The fourth-order valence-corrected chi connectivity index (χ4v) is 2.49. The predicted octanol–water partition coefficient (Wildman–Crippen LogP) is 2.17. The monoisotopic (exact) mass is 282 g/mol. The summed E-state index contributed by atoms with van der Waals surface area (Å²) in [7, 11) is 1.96. The number of pyridine rings is 2. The number of aryl methyl sites for hydroxylation is 1. The van der Waals surface area contributed by atoms with Crippen LogP contribution in [-0.2, 0) is 13.2 Å². The first-order chi connectivity index (χ1) is 10.2. The van der Waals surface area contributed by atoms with Crippen molar-refractivity contribution in [2.24, 2.45) is 0 Å². The van der Waals surface area contributed by atoms with Crippen molar-refractivity contribution in [3.63, 3.8) is 0 Å². The lowest BCUT2D eigenvalue weighted by Gasteiger charge is -2.17. The van der Waals surface area contributed by atoms with Crippen LogP contribution in [0.2, 0.25) is 0 Å². The van der Waals surface area contributed by atoms with Gasteiger partial charge >= 0.3 is 0 Å². The number of imidazole rings is 1. The summed E-state index contributed by atoms with van der Waals surface area (Å²) >= 11 is 0. The van der Waals surface area contributed by atoms with Crippen LogP contribution in [0.1, 0.15) is 17.1 Å². The lowest BCUT2D eigenvalue weighted by molar-refractivity contribution is 0.276. The fraction of sp³-hybridized carbons (Fsp3) is 0.250. The van der Waals surface area contributed by atoms with Crippen LogP contribution in [0.4, 0.5) is 5.82 Å². The Morgan fingerprint density at radius 3 is 2.76 bits per heavy atom. The average molecular weight is 282 g/mol. The topological polar surface area (TPSA) is 53.7 Å².